The number of halogens is 1. The van der Waals surface area contributed by atoms with Gasteiger partial charge in [0.15, 0.2) is 5.13 Å². The topological polar surface area (TPSA) is 48.5 Å². The molecule has 28 heavy (non-hydrogen) atoms. The molecule has 1 aliphatic heterocycles. The maximum absolute atomic E-state index is 13.1. The minimum Gasteiger partial charge on any atom is -0.368 e. The summed E-state index contributed by atoms with van der Waals surface area (Å²) in [5.74, 6) is -0.238. The Balaban J connectivity index is 1.27. The fraction of sp³-hybridized carbons (Fsp3) is 0.200. The van der Waals surface area contributed by atoms with Gasteiger partial charge in [-0.25, -0.2) is 9.37 Å². The van der Waals surface area contributed by atoms with E-state index in [-0.39, 0.29) is 11.1 Å². The van der Waals surface area contributed by atoms with E-state index < -0.39 is 0 Å². The minimum atomic E-state index is -0.238. The second-order valence-electron chi connectivity index (χ2n) is 6.32. The molecule has 144 valence electrons. The summed E-state index contributed by atoms with van der Waals surface area (Å²) in [6, 6.07) is 16.4. The van der Waals surface area contributed by atoms with Crippen molar-refractivity contribution < 1.29 is 9.18 Å². The standard InChI is InChI=1S/C20H19FN4OS2/c21-16-6-8-17(9-7-16)24-10-12-25(13-11-24)20(26)28-23-19-22-18(14-27-19)15-4-2-1-3-5-15/h1-9,14H,10-13H2,(H,22,23). The normalized spacial score (nSPS) is 14.2. The van der Waals surface area contributed by atoms with Crippen LogP contribution in [0.4, 0.5) is 20.0 Å². The highest BCUT2D eigenvalue weighted by molar-refractivity contribution is 8.14. The average molecular weight is 415 g/mol. The number of rotatable bonds is 4. The molecule has 0 aliphatic carbocycles. The SMILES string of the molecule is O=C(SNc1nc(-c2ccccc2)cs1)N1CCN(c2ccc(F)cc2)CC1. The number of piperazine rings is 1. The second kappa shape index (κ2) is 8.62. The van der Waals surface area contributed by atoms with Gasteiger partial charge in [0.2, 0.25) is 0 Å². The Labute approximate surface area is 171 Å². The van der Waals surface area contributed by atoms with Crippen LogP contribution in [-0.2, 0) is 0 Å². The third-order valence-corrected chi connectivity index (χ3v) is 6.14. The largest absolute Gasteiger partial charge is 0.368 e. The van der Waals surface area contributed by atoms with Crippen LogP contribution in [0.2, 0.25) is 0 Å². The molecule has 0 unspecified atom stereocenters. The Morgan fingerprint density at radius 3 is 2.46 bits per heavy atom. The van der Waals surface area contributed by atoms with Crippen molar-refractivity contribution in [2.75, 3.05) is 35.8 Å². The molecular formula is C20H19FN4OS2. The molecular weight excluding hydrogens is 395 g/mol. The van der Waals surface area contributed by atoms with E-state index >= 15 is 0 Å². The van der Waals surface area contributed by atoms with Crippen LogP contribution in [0.15, 0.2) is 60.0 Å². The van der Waals surface area contributed by atoms with Crippen LogP contribution in [0.25, 0.3) is 11.3 Å². The van der Waals surface area contributed by atoms with E-state index in [4.69, 9.17) is 0 Å². The van der Waals surface area contributed by atoms with Crippen molar-refractivity contribution in [2.45, 2.75) is 0 Å². The first-order valence-corrected chi connectivity index (χ1v) is 10.6. The number of carbonyl (C=O) groups excluding carboxylic acids is 1. The average Bonchev–Trinajstić information content (AvgIpc) is 3.22. The van der Waals surface area contributed by atoms with Gasteiger partial charge in [0.25, 0.3) is 0 Å². The van der Waals surface area contributed by atoms with Crippen LogP contribution in [0.1, 0.15) is 0 Å². The van der Waals surface area contributed by atoms with Gasteiger partial charge < -0.3 is 9.80 Å². The number of benzene rings is 2. The van der Waals surface area contributed by atoms with Crippen LogP contribution >= 0.6 is 23.3 Å². The Morgan fingerprint density at radius 2 is 1.75 bits per heavy atom. The molecule has 0 atom stereocenters. The Morgan fingerprint density at radius 1 is 1.04 bits per heavy atom. The molecule has 0 saturated carbocycles. The molecule has 4 rings (SSSR count). The zero-order valence-corrected chi connectivity index (χ0v) is 16.7. The van der Waals surface area contributed by atoms with Crippen molar-refractivity contribution in [2.24, 2.45) is 0 Å². The molecule has 5 nitrogen and oxygen atoms in total. The van der Waals surface area contributed by atoms with E-state index in [1.807, 2.05) is 40.6 Å². The lowest BCUT2D eigenvalue weighted by molar-refractivity contribution is 0.219. The van der Waals surface area contributed by atoms with Gasteiger partial charge in [-0.2, -0.15) is 0 Å². The van der Waals surface area contributed by atoms with Crippen molar-refractivity contribution >= 4 is 39.3 Å². The monoisotopic (exact) mass is 414 g/mol. The summed E-state index contributed by atoms with van der Waals surface area (Å²) in [4.78, 5) is 21.0. The zero-order chi connectivity index (χ0) is 19.3. The Hall–Kier alpha value is -2.58. The fourth-order valence-electron chi connectivity index (χ4n) is 3.01. The van der Waals surface area contributed by atoms with Crippen molar-refractivity contribution in [1.29, 1.82) is 0 Å². The molecule has 1 aliphatic rings. The molecule has 1 aromatic heterocycles. The molecule has 1 fully saturated rings. The zero-order valence-electron chi connectivity index (χ0n) is 15.0. The molecule has 1 N–H and O–H groups in total. The molecule has 0 spiro atoms. The number of amides is 1. The van der Waals surface area contributed by atoms with E-state index in [2.05, 4.69) is 14.6 Å². The number of carbonyl (C=O) groups is 1. The molecule has 8 heteroatoms. The molecule has 2 aromatic carbocycles. The van der Waals surface area contributed by atoms with Crippen molar-refractivity contribution in [3.05, 3.63) is 65.8 Å². The summed E-state index contributed by atoms with van der Waals surface area (Å²) < 4.78 is 16.1. The number of aromatic nitrogens is 1. The lowest BCUT2D eigenvalue weighted by Gasteiger charge is -2.35. The molecule has 3 aromatic rings. The van der Waals surface area contributed by atoms with Crippen molar-refractivity contribution in [3.63, 3.8) is 0 Å². The molecule has 2 heterocycles. The summed E-state index contributed by atoms with van der Waals surface area (Å²) in [5, 5.41) is 2.67. The number of nitrogens with zero attached hydrogens (tertiary/aromatic N) is 3. The van der Waals surface area contributed by atoms with E-state index in [9.17, 15) is 9.18 Å². The predicted molar refractivity (Wildman–Crippen MR) is 114 cm³/mol. The summed E-state index contributed by atoms with van der Waals surface area (Å²) in [7, 11) is 0. The number of hydrogen-bond acceptors (Lipinski definition) is 6. The van der Waals surface area contributed by atoms with Crippen LogP contribution in [0.3, 0.4) is 0 Å². The third-order valence-electron chi connectivity index (χ3n) is 4.53. The second-order valence-corrected chi connectivity index (χ2v) is 7.94. The summed E-state index contributed by atoms with van der Waals surface area (Å²) >= 11 is 2.54. The highest BCUT2D eigenvalue weighted by Gasteiger charge is 2.22. The lowest BCUT2D eigenvalue weighted by Crippen LogP contribution is -2.47. The van der Waals surface area contributed by atoms with Gasteiger partial charge in [-0.15, -0.1) is 11.3 Å². The number of anilines is 2. The Kier molecular flexibility index (Phi) is 5.78. The highest BCUT2D eigenvalue weighted by Crippen LogP contribution is 2.27. The first-order chi connectivity index (χ1) is 13.7. The van der Waals surface area contributed by atoms with Gasteiger partial charge in [0.05, 0.1) is 5.69 Å². The van der Waals surface area contributed by atoms with Gasteiger partial charge in [-0.1, -0.05) is 30.3 Å². The van der Waals surface area contributed by atoms with Gasteiger partial charge in [0, 0.05) is 54.8 Å². The smallest absolute Gasteiger partial charge is 0.302 e. The van der Waals surface area contributed by atoms with Crippen LogP contribution in [-0.4, -0.2) is 41.3 Å². The van der Waals surface area contributed by atoms with Crippen molar-refractivity contribution in [1.82, 2.24) is 9.88 Å². The molecule has 1 saturated heterocycles. The maximum Gasteiger partial charge on any atom is 0.302 e. The van der Waals surface area contributed by atoms with Crippen molar-refractivity contribution in [3.8, 4) is 11.3 Å². The van der Waals surface area contributed by atoms with Gasteiger partial charge >= 0.3 is 5.24 Å². The van der Waals surface area contributed by atoms with Crippen LogP contribution < -0.4 is 9.62 Å². The van der Waals surface area contributed by atoms with E-state index in [1.54, 1.807) is 12.1 Å². The number of hydrogen-bond donors (Lipinski definition) is 1. The van der Waals surface area contributed by atoms with Crippen LogP contribution in [0, 0.1) is 5.82 Å². The Bertz CT molecular complexity index is 925. The molecule has 0 bridgehead atoms. The molecule has 0 radical (unpaired) electrons. The first-order valence-electron chi connectivity index (χ1n) is 8.92. The lowest BCUT2D eigenvalue weighted by atomic mass is 10.2. The summed E-state index contributed by atoms with van der Waals surface area (Å²) in [6.07, 6.45) is 0. The maximum atomic E-state index is 13.1. The van der Waals surface area contributed by atoms with E-state index in [1.165, 1.54) is 23.5 Å². The number of nitrogens with one attached hydrogen (secondary N) is 1. The van der Waals surface area contributed by atoms with Gasteiger partial charge in [0.1, 0.15) is 5.82 Å². The summed E-state index contributed by atoms with van der Waals surface area (Å²) in [5.41, 5.74) is 2.93. The molecule has 1 amide bonds. The fourth-order valence-corrected chi connectivity index (χ4v) is 4.43. The van der Waals surface area contributed by atoms with Gasteiger partial charge in [-0.3, -0.25) is 9.52 Å². The highest BCUT2D eigenvalue weighted by atomic mass is 32.2. The number of thiazole rings is 1. The van der Waals surface area contributed by atoms with E-state index in [0.717, 1.165) is 42.0 Å². The predicted octanol–water partition coefficient (Wildman–Crippen LogP) is 4.95. The minimum absolute atomic E-state index is 0.0183. The third kappa shape index (κ3) is 4.45. The van der Waals surface area contributed by atoms with Crippen LogP contribution in [0.5, 0.6) is 0 Å². The van der Waals surface area contributed by atoms with Gasteiger partial charge in [-0.05, 0) is 24.3 Å². The quantitative estimate of drug-likeness (QED) is 0.612. The van der Waals surface area contributed by atoms with E-state index in [0.29, 0.717) is 18.2 Å². The first kappa shape index (κ1) is 18.8. The summed E-state index contributed by atoms with van der Waals surface area (Å²) in [6.45, 7) is 2.73.